The van der Waals surface area contributed by atoms with Crippen molar-refractivity contribution in [2.75, 3.05) is 20.3 Å². The van der Waals surface area contributed by atoms with Crippen LogP contribution in [0.2, 0.25) is 0 Å². The van der Waals surface area contributed by atoms with Crippen LogP contribution in [0.25, 0.3) is 27.7 Å². The van der Waals surface area contributed by atoms with E-state index in [2.05, 4.69) is 9.38 Å². The van der Waals surface area contributed by atoms with Crippen molar-refractivity contribution in [3.63, 3.8) is 0 Å². The Morgan fingerprint density at radius 2 is 1.95 bits per heavy atom. The Balaban J connectivity index is 1.37. The molecule has 7 heteroatoms. The fraction of sp³-hybridized carbons (Fsp3) is 0.300. The topological polar surface area (TPSA) is 70.7 Å². The van der Waals surface area contributed by atoms with E-state index < -0.39 is 0 Å². The third-order valence-electron chi connectivity index (χ3n) is 7.50. The first-order chi connectivity index (χ1) is 18.0. The largest absolute Gasteiger partial charge is 0.496 e. The summed E-state index contributed by atoms with van der Waals surface area (Å²) in [4.78, 5) is 23.0. The van der Waals surface area contributed by atoms with Crippen LogP contribution in [0.3, 0.4) is 0 Å². The first-order valence-corrected chi connectivity index (χ1v) is 12.7. The SMILES string of the molecule is COc1cc(-c2nc(C3CCOCC3)n3ccnc(C)c23)ccc1CC(=O)c1cc2ccccc2n1C. The fourth-order valence-corrected chi connectivity index (χ4v) is 5.52. The molecule has 0 N–H and O–H groups in total. The predicted octanol–water partition coefficient (Wildman–Crippen LogP) is 5.52. The van der Waals surface area contributed by atoms with E-state index in [4.69, 9.17) is 14.5 Å². The van der Waals surface area contributed by atoms with Crippen molar-refractivity contribution in [2.45, 2.75) is 32.1 Å². The van der Waals surface area contributed by atoms with Crippen LogP contribution in [-0.4, -0.2) is 45.0 Å². The number of fused-ring (bicyclic) bond motifs is 2. The molecule has 3 aromatic heterocycles. The van der Waals surface area contributed by atoms with Gasteiger partial charge in [0.25, 0.3) is 0 Å². The molecule has 0 bridgehead atoms. The molecular weight excluding hydrogens is 464 g/mol. The molecule has 1 saturated heterocycles. The molecule has 1 fully saturated rings. The maximum absolute atomic E-state index is 13.3. The lowest BCUT2D eigenvalue weighted by Gasteiger charge is -2.20. The molecule has 188 valence electrons. The van der Waals surface area contributed by atoms with E-state index in [0.717, 1.165) is 70.8 Å². The summed E-state index contributed by atoms with van der Waals surface area (Å²) in [6.07, 6.45) is 6.00. The molecule has 0 amide bonds. The standard InChI is InChI=1S/C30H30N4O3/c1-19-29-28(32-30(34(29)13-12-31-19)20-10-14-37-15-11-20)23-9-8-22(27(18-23)36-3)17-26(35)25-16-21-6-4-5-7-24(21)33(25)2/h4-9,12-13,16,18,20H,10-11,14-15,17H2,1-3H3. The molecule has 0 unspecified atom stereocenters. The Kier molecular flexibility index (Phi) is 6.00. The number of hydrogen-bond donors (Lipinski definition) is 0. The average Bonchev–Trinajstić information content (AvgIpc) is 3.49. The van der Waals surface area contributed by atoms with E-state index >= 15 is 0 Å². The Hall–Kier alpha value is -3.97. The lowest BCUT2D eigenvalue weighted by molar-refractivity contribution is 0.0835. The summed E-state index contributed by atoms with van der Waals surface area (Å²) in [6, 6.07) is 16.0. The number of aromatic nitrogens is 4. The van der Waals surface area contributed by atoms with Crippen LogP contribution in [0.5, 0.6) is 5.75 Å². The van der Waals surface area contributed by atoms with Crippen LogP contribution >= 0.6 is 0 Å². The van der Waals surface area contributed by atoms with E-state index in [-0.39, 0.29) is 12.2 Å². The van der Waals surface area contributed by atoms with E-state index in [1.807, 2.05) is 79.5 Å². The number of carbonyl (C=O) groups is 1. The second kappa shape index (κ2) is 9.48. The third-order valence-corrected chi connectivity index (χ3v) is 7.50. The first-order valence-electron chi connectivity index (χ1n) is 12.7. The zero-order valence-electron chi connectivity index (χ0n) is 21.4. The van der Waals surface area contributed by atoms with E-state index in [1.165, 1.54) is 0 Å². The molecule has 5 aromatic rings. The summed E-state index contributed by atoms with van der Waals surface area (Å²) >= 11 is 0. The lowest BCUT2D eigenvalue weighted by Crippen LogP contribution is -2.16. The third kappa shape index (κ3) is 4.09. The molecule has 6 rings (SSSR count). The number of benzene rings is 2. The summed E-state index contributed by atoms with van der Waals surface area (Å²) in [6.45, 7) is 3.53. The Morgan fingerprint density at radius 3 is 2.73 bits per heavy atom. The molecule has 7 nitrogen and oxygen atoms in total. The van der Waals surface area contributed by atoms with Crippen LogP contribution < -0.4 is 4.74 Å². The number of hydrogen-bond acceptors (Lipinski definition) is 5. The minimum atomic E-state index is 0.0547. The molecule has 0 spiro atoms. The van der Waals surface area contributed by atoms with Crippen LogP contribution in [0, 0.1) is 6.92 Å². The van der Waals surface area contributed by atoms with Crippen LogP contribution in [-0.2, 0) is 18.2 Å². The number of ketones is 1. The average molecular weight is 495 g/mol. The van der Waals surface area contributed by atoms with Gasteiger partial charge >= 0.3 is 0 Å². The maximum atomic E-state index is 13.3. The molecule has 1 aliphatic heterocycles. The molecular formula is C30H30N4O3. The zero-order valence-corrected chi connectivity index (χ0v) is 21.4. The molecule has 0 atom stereocenters. The van der Waals surface area contributed by atoms with Gasteiger partial charge in [-0.25, -0.2) is 4.98 Å². The molecule has 2 aromatic carbocycles. The quantitative estimate of drug-likeness (QED) is 0.291. The number of aryl methyl sites for hydroxylation is 2. The predicted molar refractivity (Wildman–Crippen MR) is 143 cm³/mol. The Morgan fingerprint density at radius 1 is 1.14 bits per heavy atom. The highest BCUT2D eigenvalue weighted by Gasteiger charge is 2.25. The summed E-state index contributed by atoms with van der Waals surface area (Å²) < 4.78 is 15.5. The minimum Gasteiger partial charge on any atom is -0.496 e. The molecule has 0 radical (unpaired) electrons. The lowest BCUT2D eigenvalue weighted by atomic mass is 9.99. The van der Waals surface area contributed by atoms with Crippen LogP contribution in [0.1, 0.15) is 46.3 Å². The number of para-hydroxylation sites is 1. The van der Waals surface area contributed by atoms with Crippen molar-refractivity contribution in [3.8, 4) is 17.0 Å². The zero-order chi connectivity index (χ0) is 25.5. The number of rotatable bonds is 6. The van der Waals surface area contributed by atoms with E-state index in [9.17, 15) is 4.79 Å². The number of nitrogens with zero attached hydrogens (tertiary/aromatic N) is 4. The van der Waals surface area contributed by atoms with Gasteiger partial charge in [-0.15, -0.1) is 0 Å². The van der Waals surface area contributed by atoms with Gasteiger partial charge in [0.1, 0.15) is 11.6 Å². The van der Waals surface area contributed by atoms with Crippen molar-refractivity contribution >= 4 is 22.2 Å². The molecule has 0 aliphatic carbocycles. The van der Waals surface area contributed by atoms with Gasteiger partial charge in [-0.1, -0.05) is 30.3 Å². The van der Waals surface area contributed by atoms with Crippen molar-refractivity contribution in [1.82, 2.24) is 18.9 Å². The van der Waals surface area contributed by atoms with Crippen molar-refractivity contribution in [1.29, 1.82) is 0 Å². The number of methoxy groups -OCH3 is 1. The summed E-state index contributed by atoms with van der Waals surface area (Å²) in [7, 11) is 3.58. The van der Waals surface area contributed by atoms with E-state index in [0.29, 0.717) is 17.4 Å². The smallest absolute Gasteiger partial charge is 0.183 e. The summed E-state index contributed by atoms with van der Waals surface area (Å²) in [5, 5.41) is 1.06. The van der Waals surface area contributed by atoms with Gasteiger partial charge in [0.15, 0.2) is 5.78 Å². The number of ether oxygens (including phenoxy) is 2. The van der Waals surface area contributed by atoms with Gasteiger partial charge in [0.2, 0.25) is 0 Å². The highest BCUT2D eigenvalue weighted by molar-refractivity contribution is 6.01. The second-order valence-corrected chi connectivity index (χ2v) is 9.71. The van der Waals surface area contributed by atoms with Gasteiger partial charge in [-0.2, -0.15) is 0 Å². The molecule has 37 heavy (non-hydrogen) atoms. The fourth-order valence-electron chi connectivity index (χ4n) is 5.52. The van der Waals surface area contributed by atoms with Crippen molar-refractivity contribution in [3.05, 3.63) is 83.7 Å². The maximum Gasteiger partial charge on any atom is 0.183 e. The van der Waals surface area contributed by atoms with Gasteiger partial charge in [0, 0.05) is 67.0 Å². The first kappa shape index (κ1) is 23.4. The Bertz CT molecular complexity index is 1630. The molecule has 1 aliphatic rings. The summed E-state index contributed by atoms with van der Waals surface area (Å²) in [5.41, 5.74) is 6.35. The van der Waals surface area contributed by atoms with Crippen molar-refractivity contribution in [2.24, 2.45) is 7.05 Å². The Labute approximate surface area is 215 Å². The number of carbonyl (C=O) groups excluding carboxylic acids is 1. The monoisotopic (exact) mass is 494 g/mol. The van der Waals surface area contributed by atoms with Gasteiger partial charge < -0.3 is 14.0 Å². The molecule has 4 heterocycles. The van der Waals surface area contributed by atoms with Crippen LogP contribution in [0.15, 0.2) is 60.9 Å². The van der Waals surface area contributed by atoms with E-state index in [1.54, 1.807) is 7.11 Å². The highest BCUT2D eigenvalue weighted by atomic mass is 16.5. The second-order valence-electron chi connectivity index (χ2n) is 9.71. The van der Waals surface area contributed by atoms with Gasteiger partial charge in [-0.05, 0) is 38.0 Å². The summed E-state index contributed by atoms with van der Waals surface area (Å²) in [5.74, 6) is 2.13. The minimum absolute atomic E-state index is 0.0547. The number of Topliss-reactive ketones (excluding diaryl/α,β-unsaturated/α-hetero) is 1. The van der Waals surface area contributed by atoms with Crippen molar-refractivity contribution < 1.29 is 14.3 Å². The number of imidazole rings is 1. The van der Waals surface area contributed by atoms with Crippen LogP contribution in [0.4, 0.5) is 0 Å². The van der Waals surface area contributed by atoms with Gasteiger partial charge in [0.05, 0.1) is 29.7 Å². The van der Waals surface area contributed by atoms with Gasteiger partial charge in [-0.3, -0.25) is 14.2 Å². The highest BCUT2D eigenvalue weighted by Crippen LogP contribution is 2.35. The normalized spacial score (nSPS) is 14.5. The molecule has 0 saturated carbocycles.